The average molecular weight is 387 g/mol. The van der Waals surface area contributed by atoms with Gasteiger partial charge in [-0.05, 0) is 43.4 Å². The molecule has 1 fully saturated rings. The van der Waals surface area contributed by atoms with Gasteiger partial charge in [0.25, 0.3) is 5.91 Å². The lowest BCUT2D eigenvalue weighted by Crippen LogP contribution is -2.37. The topological polar surface area (TPSA) is 66.5 Å². The van der Waals surface area contributed by atoms with E-state index in [4.69, 9.17) is 0 Å². The van der Waals surface area contributed by atoms with Crippen LogP contribution in [0.4, 0.5) is 0 Å². The number of hydrogen-bond acceptors (Lipinski definition) is 3. The number of benzene rings is 2. The second-order valence-corrected chi connectivity index (χ2v) is 8.71. The molecule has 1 N–H and O–H groups in total. The number of sulfonamides is 1. The van der Waals surface area contributed by atoms with Crippen LogP contribution in [0, 0.1) is 0 Å². The fourth-order valence-corrected chi connectivity index (χ4v) is 5.06. The van der Waals surface area contributed by atoms with Crippen molar-refractivity contribution in [2.45, 2.75) is 37.0 Å². The summed E-state index contributed by atoms with van der Waals surface area (Å²) in [5.74, 6) is -0.334. The third-order valence-electron chi connectivity index (χ3n) is 4.84. The second kappa shape index (κ2) is 9.15. The van der Waals surface area contributed by atoms with Gasteiger partial charge in [0.1, 0.15) is 0 Å². The Kier molecular flexibility index (Phi) is 6.63. The van der Waals surface area contributed by atoms with E-state index in [1.807, 2.05) is 18.2 Å². The minimum atomic E-state index is -3.64. The van der Waals surface area contributed by atoms with Gasteiger partial charge in [0, 0.05) is 19.6 Å². The number of nitrogens with one attached hydrogen (secondary N) is 1. The lowest BCUT2D eigenvalue weighted by molar-refractivity contribution is 0.0949. The van der Waals surface area contributed by atoms with Gasteiger partial charge in [-0.3, -0.25) is 4.79 Å². The fourth-order valence-electron chi connectivity index (χ4n) is 3.36. The number of rotatable bonds is 7. The van der Waals surface area contributed by atoms with Gasteiger partial charge in [0.2, 0.25) is 10.0 Å². The summed E-state index contributed by atoms with van der Waals surface area (Å²) in [4.78, 5) is 12.7. The summed E-state index contributed by atoms with van der Waals surface area (Å²) >= 11 is 0. The molecule has 0 unspecified atom stereocenters. The van der Waals surface area contributed by atoms with Crippen LogP contribution in [0.15, 0.2) is 59.5 Å². The zero-order valence-electron chi connectivity index (χ0n) is 15.4. The van der Waals surface area contributed by atoms with Crippen molar-refractivity contribution in [1.82, 2.24) is 9.62 Å². The van der Waals surface area contributed by atoms with Gasteiger partial charge in [-0.2, -0.15) is 4.31 Å². The van der Waals surface area contributed by atoms with Crippen LogP contribution in [0.3, 0.4) is 0 Å². The molecule has 0 aliphatic carbocycles. The molecule has 1 amide bonds. The Hall–Kier alpha value is -2.18. The highest BCUT2D eigenvalue weighted by Gasteiger charge is 2.29. The summed E-state index contributed by atoms with van der Waals surface area (Å²) in [5, 5.41) is 2.86. The number of carbonyl (C=O) groups is 1. The predicted molar refractivity (Wildman–Crippen MR) is 106 cm³/mol. The van der Waals surface area contributed by atoms with E-state index in [0.29, 0.717) is 19.6 Å². The van der Waals surface area contributed by atoms with Crippen molar-refractivity contribution in [3.63, 3.8) is 0 Å². The summed E-state index contributed by atoms with van der Waals surface area (Å²) in [7, 11) is -3.64. The number of aryl methyl sites for hydroxylation is 1. The van der Waals surface area contributed by atoms with Gasteiger partial charge >= 0.3 is 0 Å². The zero-order chi connectivity index (χ0) is 19.1. The molecular weight excluding hydrogens is 360 g/mol. The zero-order valence-corrected chi connectivity index (χ0v) is 16.2. The van der Waals surface area contributed by atoms with Crippen molar-refractivity contribution >= 4 is 15.9 Å². The minimum absolute atomic E-state index is 0.104. The van der Waals surface area contributed by atoms with Crippen molar-refractivity contribution in [1.29, 1.82) is 0 Å². The van der Waals surface area contributed by atoms with E-state index in [-0.39, 0.29) is 16.4 Å². The second-order valence-electron chi connectivity index (χ2n) is 6.81. The van der Waals surface area contributed by atoms with Gasteiger partial charge in [0.05, 0.1) is 10.5 Å². The standard InChI is InChI=1S/C21H26N2O3S/c24-21(22-15-9-12-18-10-3-1-4-11-18)19-13-5-6-14-20(19)27(25,26)23-16-7-2-8-17-23/h1,3-6,10-11,13-14H,2,7-9,12,15-17H2,(H,22,24). The van der Waals surface area contributed by atoms with Gasteiger partial charge in [-0.15, -0.1) is 0 Å². The van der Waals surface area contributed by atoms with Crippen LogP contribution in [0.25, 0.3) is 0 Å². The molecule has 0 saturated carbocycles. The summed E-state index contributed by atoms with van der Waals surface area (Å²) in [6.45, 7) is 1.55. The monoisotopic (exact) mass is 386 g/mol. The lowest BCUT2D eigenvalue weighted by Gasteiger charge is -2.26. The highest BCUT2D eigenvalue weighted by Crippen LogP contribution is 2.23. The molecule has 1 aliphatic heterocycles. The Labute approximate surface area is 161 Å². The van der Waals surface area contributed by atoms with Crippen LogP contribution in [0.1, 0.15) is 41.6 Å². The number of carbonyl (C=O) groups excluding carboxylic acids is 1. The van der Waals surface area contributed by atoms with Crippen molar-refractivity contribution in [2.24, 2.45) is 0 Å². The molecule has 27 heavy (non-hydrogen) atoms. The average Bonchev–Trinajstić information content (AvgIpc) is 2.72. The molecule has 2 aromatic carbocycles. The number of piperidine rings is 1. The molecule has 5 nitrogen and oxygen atoms in total. The molecule has 2 aromatic rings. The Morgan fingerprint density at radius 3 is 2.33 bits per heavy atom. The molecule has 1 heterocycles. The highest BCUT2D eigenvalue weighted by atomic mass is 32.2. The number of amides is 1. The van der Waals surface area contributed by atoms with Crippen LogP contribution < -0.4 is 5.32 Å². The maximum absolute atomic E-state index is 13.0. The Morgan fingerprint density at radius 2 is 1.59 bits per heavy atom. The van der Waals surface area contributed by atoms with E-state index < -0.39 is 10.0 Å². The normalized spacial score (nSPS) is 15.4. The summed E-state index contributed by atoms with van der Waals surface area (Å²) in [6, 6.07) is 16.6. The van der Waals surface area contributed by atoms with Crippen molar-refractivity contribution < 1.29 is 13.2 Å². The van der Waals surface area contributed by atoms with Crippen LogP contribution in [-0.4, -0.2) is 38.3 Å². The third-order valence-corrected chi connectivity index (χ3v) is 6.79. The van der Waals surface area contributed by atoms with Crippen LogP contribution in [-0.2, 0) is 16.4 Å². The first kappa shape index (κ1) is 19.6. The largest absolute Gasteiger partial charge is 0.352 e. The molecule has 0 atom stereocenters. The van der Waals surface area contributed by atoms with E-state index in [2.05, 4.69) is 17.4 Å². The molecule has 144 valence electrons. The van der Waals surface area contributed by atoms with E-state index in [0.717, 1.165) is 32.1 Å². The Bertz CT molecular complexity index is 860. The SMILES string of the molecule is O=C(NCCCc1ccccc1)c1ccccc1S(=O)(=O)N1CCCCC1. The van der Waals surface area contributed by atoms with Gasteiger partial charge < -0.3 is 5.32 Å². The first-order valence-corrected chi connectivity index (χ1v) is 10.9. The predicted octanol–water partition coefficient (Wildman–Crippen LogP) is 3.22. The Morgan fingerprint density at radius 1 is 0.926 bits per heavy atom. The molecule has 1 saturated heterocycles. The quantitative estimate of drug-likeness (QED) is 0.743. The smallest absolute Gasteiger partial charge is 0.252 e. The first-order valence-electron chi connectivity index (χ1n) is 9.50. The Balaban J connectivity index is 1.65. The van der Waals surface area contributed by atoms with E-state index in [1.165, 1.54) is 15.9 Å². The molecule has 0 bridgehead atoms. The van der Waals surface area contributed by atoms with E-state index >= 15 is 0 Å². The molecule has 3 rings (SSSR count). The molecule has 1 aliphatic rings. The van der Waals surface area contributed by atoms with Crippen LogP contribution >= 0.6 is 0 Å². The van der Waals surface area contributed by atoms with E-state index in [1.54, 1.807) is 18.2 Å². The third kappa shape index (κ3) is 4.96. The van der Waals surface area contributed by atoms with Crippen LogP contribution in [0.2, 0.25) is 0 Å². The van der Waals surface area contributed by atoms with Crippen molar-refractivity contribution in [2.75, 3.05) is 19.6 Å². The maximum Gasteiger partial charge on any atom is 0.252 e. The lowest BCUT2D eigenvalue weighted by atomic mass is 10.1. The molecule has 0 aromatic heterocycles. The van der Waals surface area contributed by atoms with Crippen molar-refractivity contribution in [3.05, 3.63) is 65.7 Å². The molecule has 0 spiro atoms. The van der Waals surface area contributed by atoms with Gasteiger partial charge in [0.15, 0.2) is 0 Å². The molecule has 6 heteroatoms. The highest BCUT2D eigenvalue weighted by molar-refractivity contribution is 7.89. The van der Waals surface area contributed by atoms with Crippen LogP contribution in [0.5, 0.6) is 0 Å². The summed E-state index contributed by atoms with van der Waals surface area (Å²) in [5.41, 5.74) is 1.45. The summed E-state index contributed by atoms with van der Waals surface area (Å²) < 4.78 is 27.4. The fraction of sp³-hybridized carbons (Fsp3) is 0.381. The van der Waals surface area contributed by atoms with E-state index in [9.17, 15) is 13.2 Å². The first-order chi connectivity index (χ1) is 13.1. The van der Waals surface area contributed by atoms with Crippen molar-refractivity contribution in [3.8, 4) is 0 Å². The summed E-state index contributed by atoms with van der Waals surface area (Å²) in [6.07, 6.45) is 4.46. The molecular formula is C21H26N2O3S. The van der Waals surface area contributed by atoms with Gasteiger partial charge in [-0.1, -0.05) is 48.9 Å². The maximum atomic E-state index is 13.0. The number of hydrogen-bond donors (Lipinski definition) is 1. The number of nitrogens with zero attached hydrogens (tertiary/aromatic N) is 1. The van der Waals surface area contributed by atoms with Gasteiger partial charge in [-0.25, -0.2) is 8.42 Å². The minimum Gasteiger partial charge on any atom is -0.352 e. The molecule has 0 radical (unpaired) electrons.